The van der Waals surface area contributed by atoms with Crippen molar-refractivity contribution in [1.82, 2.24) is 5.32 Å². The summed E-state index contributed by atoms with van der Waals surface area (Å²) < 4.78 is 0. The van der Waals surface area contributed by atoms with Gasteiger partial charge in [-0.1, -0.05) is 50.8 Å². The fourth-order valence-corrected chi connectivity index (χ4v) is 4.84. The molecule has 0 heterocycles. The second-order valence-electron chi connectivity index (χ2n) is 6.13. The molecule has 21 heavy (non-hydrogen) atoms. The van der Waals surface area contributed by atoms with Crippen LogP contribution in [-0.4, -0.2) is 18.3 Å². The van der Waals surface area contributed by atoms with Crippen LogP contribution in [0.4, 0.5) is 0 Å². The molecule has 0 spiro atoms. The highest BCUT2D eigenvalue weighted by Crippen LogP contribution is 2.34. The van der Waals surface area contributed by atoms with Crippen LogP contribution in [0.15, 0.2) is 29.2 Å². The van der Waals surface area contributed by atoms with Gasteiger partial charge in [-0.25, -0.2) is 0 Å². The van der Waals surface area contributed by atoms with Gasteiger partial charge in [-0.2, -0.15) is 0 Å². The van der Waals surface area contributed by atoms with Crippen LogP contribution in [0, 0.1) is 11.8 Å². The van der Waals surface area contributed by atoms with Crippen molar-refractivity contribution in [3.8, 4) is 0 Å². The number of nitrogens with one attached hydrogen (secondary N) is 1. The standard InChI is InChI=1S/C18H28ClNS/c1-3-14-7-5-8-15(11-14)18(20-4-2)13-21-17-10-6-9-16(19)12-17/h6,9-10,12,14-15,18,20H,3-5,7-8,11,13H2,1-2H3. The molecule has 3 unspecified atom stereocenters. The molecule has 0 bridgehead atoms. The zero-order valence-corrected chi connectivity index (χ0v) is 14.8. The Morgan fingerprint density at radius 1 is 1.33 bits per heavy atom. The molecule has 118 valence electrons. The Labute approximate surface area is 139 Å². The maximum Gasteiger partial charge on any atom is 0.0417 e. The highest BCUT2D eigenvalue weighted by molar-refractivity contribution is 7.99. The lowest BCUT2D eigenvalue weighted by atomic mass is 9.77. The Bertz CT molecular complexity index is 423. The summed E-state index contributed by atoms with van der Waals surface area (Å²) in [5.41, 5.74) is 0. The van der Waals surface area contributed by atoms with E-state index in [1.165, 1.54) is 37.0 Å². The van der Waals surface area contributed by atoms with E-state index >= 15 is 0 Å². The van der Waals surface area contributed by atoms with Crippen LogP contribution in [0.3, 0.4) is 0 Å². The number of hydrogen-bond acceptors (Lipinski definition) is 2. The first-order valence-corrected chi connectivity index (χ1v) is 9.71. The molecule has 0 aliphatic heterocycles. The molecule has 0 amide bonds. The largest absolute Gasteiger partial charge is 0.313 e. The van der Waals surface area contributed by atoms with Crippen molar-refractivity contribution in [2.75, 3.05) is 12.3 Å². The van der Waals surface area contributed by atoms with E-state index in [1.54, 1.807) is 0 Å². The van der Waals surface area contributed by atoms with Crippen molar-refractivity contribution in [3.63, 3.8) is 0 Å². The van der Waals surface area contributed by atoms with Gasteiger partial charge in [0.1, 0.15) is 0 Å². The molecule has 0 saturated heterocycles. The number of rotatable bonds is 7. The van der Waals surface area contributed by atoms with Crippen LogP contribution in [0.1, 0.15) is 46.0 Å². The summed E-state index contributed by atoms with van der Waals surface area (Å²) in [5, 5.41) is 4.56. The SMILES string of the molecule is CCNC(CSc1cccc(Cl)c1)C1CCCC(CC)C1. The molecule has 1 saturated carbocycles. The van der Waals surface area contributed by atoms with Crippen molar-refractivity contribution in [2.24, 2.45) is 11.8 Å². The lowest BCUT2D eigenvalue weighted by Crippen LogP contribution is -2.40. The first-order valence-electron chi connectivity index (χ1n) is 8.34. The second kappa shape index (κ2) is 9.07. The van der Waals surface area contributed by atoms with Crippen molar-refractivity contribution >= 4 is 23.4 Å². The molecule has 1 aromatic carbocycles. The molecule has 3 atom stereocenters. The van der Waals surface area contributed by atoms with Gasteiger partial charge in [0.15, 0.2) is 0 Å². The Balaban J connectivity index is 1.92. The average Bonchev–Trinajstić information content (AvgIpc) is 2.51. The van der Waals surface area contributed by atoms with E-state index in [4.69, 9.17) is 11.6 Å². The molecular formula is C18H28ClNS. The van der Waals surface area contributed by atoms with Crippen LogP contribution >= 0.6 is 23.4 Å². The van der Waals surface area contributed by atoms with Gasteiger partial charge in [-0.3, -0.25) is 0 Å². The van der Waals surface area contributed by atoms with Gasteiger partial charge in [-0.15, -0.1) is 11.8 Å². The maximum atomic E-state index is 6.08. The van der Waals surface area contributed by atoms with Crippen LogP contribution in [0.5, 0.6) is 0 Å². The van der Waals surface area contributed by atoms with Gasteiger partial charge in [0.05, 0.1) is 0 Å². The molecule has 0 aromatic heterocycles. The summed E-state index contributed by atoms with van der Waals surface area (Å²) in [6.07, 6.45) is 6.99. The Hall–Kier alpha value is -0.180. The Morgan fingerprint density at radius 3 is 2.90 bits per heavy atom. The van der Waals surface area contributed by atoms with Crippen LogP contribution in [0.25, 0.3) is 0 Å². The van der Waals surface area contributed by atoms with Crippen molar-refractivity contribution in [2.45, 2.75) is 56.9 Å². The number of hydrogen-bond donors (Lipinski definition) is 1. The highest BCUT2D eigenvalue weighted by atomic mass is 35.5. The molecule has 1 aliphatic rings. The fraction of sp³-hybridized carbons (Fsp3) is 0.667. The van der Waals surface area contributed by atoms with Gasteiger partial charge in [0.2, 0.25) is 0 Å². The minimum atomic E-state index is 0.633. The molecule has 1 N–H and O–H groups in total. The topological polar surface area (TPSA) is 12.0 Å². The van der Waals surface area contributed by atoms with E-state index in [9.17, 15) is 0 Å². The third-order valence-electron chi connectivity index (χ3n) is 4.66. The van der Waals surface area contributed by atoms with E-state index in [-0.39, 0.29) is 0 Å². The molecule has 1 nitrogen and oxygen atoms in total. The van der Waals surface area contributed by atoms with E-state index in [2.05, 4.69) is 31.3 Å². The molecule has 0 radical (unpaired) electrons. The van der Waals surface area contributed by atoms with Crippen molar-refractivity contribution < 1.29 is 0 Å². The first-order chi connectivity index (χ1) is 10.2. The molecule has 1 aliphatic carbocycles. The third kappa shape index (κ3) is 5.50. The van der Waals surface area contributed by atoms with Gasteiger partial charge in [0.25, 0.3) is 0 Å². The van der Waals surface area contributed by atoms with Gasteiger partial charge in [0, 0.05) is 21.7 Å². The lowest BCUT2D eigenvalue weighted by molar-refractivity contribution is 0.220. The van der Waals surface area contributed by atoms with E-state index in [0.29, 0.717) is 6.04 Å². The Kier molecular flexibility index (Phi) is 7.42. The van der Waals surface area contributed by atoms with E-state index < -0.39 is 0 Å². The molecule has 1 fully saturated rings. The summed E-state index contributed by atoms with van der Waals surface area (Å²) in [5.74, 6) is 2.94. The monoisotopic (exact) mass is 325 g/mol. The summed E-state index contributed by atoms with van der Waals surface area (Å²) in [4.78, 5) is 1.29. The first kappa shape index (κ1) is 17.2. The number of halogens is 1. The van der Waals surface area contributed by atoms with E-state index in [1.807, 2.05) is 23.9 Å². The van der Waals surface area contributed by atoms with E-state index in [0.717, 1.165) is 29.2 Å². The Morgan fingerprint density at radius 2 is 2.19 bits per heavy atom. The van der Waals surface area contributed by atoms with Gasteiger partial charge in [-0.05, 0) is 49.4 Å². The average molecular weight is 326 g/mol. The molecular weight excluding hydrogens is 298 g/mol. The minimum absolute atomic E-state index is 0.633. The number of thioether (sulfide) groups is 1. The fourth-order valence-electron chi connectivity index (χ4n) is 3.44. The second-order valence-corrected chi connectivity index (χ2v) is 7.66. The van der Waals surface area contributed by atoms with Crippen LogP contribution in [-0.2, 0) is 0 Å². The quantitative estimate of drug-likeness (QED) is 0.652. The summed E-state index contributed by atoms with van der Waals surface area (Å²) in [7, 11) is 0. The highest BCUT2D eigenvalue weighted by Gasteiger charge is 2.27. The van der Waals surface area contributed by atoms with Crippen LogP contribution < -0.4 is 5.32 Å². The summed E-state index contributed by atoms with van der Waals surface area (Å²) in [6, 6.07) is 8.86. The zero-order valence-electron chi connectivity index (χ0n) is 13.3. The predicted molar refractivity (Wildman–Crippen MR) is 95.4 cm³/mol. The summed E-state index contributed by atoms with van der Waals surface area (Å²) in [6.45, 7) is 5.63. The number of benzene rings is 1. The summed E-state index contributed by atoms with van der Waals surface area (Å²) >= 11 is 8.02. The van der Waals surface area contributed by atoms with Crippen molar-refractivity contribution in [3.05, 3.63) is 29.3 Å². The van der Waals surface area contributed by atoms with Gasteiger partial charge < -0.3 is 5.32 Å². The molecule has 2 rings (SSSR count). The predicted octanol–water partition coefficient (Wildman–Crippen LogP) is 5.63. The van der Waals surface area contributed by atoms with Crippen LogP contribution in [0.2, 0.25) is 5.02 Å². The molecule has 1 aromatic rings. The lowest BCUT2D eigenvalue weighted by Gasteiger charge is -2.34. The normalized spacial score (nSPS) is 24.0. The molecule has 3 heteroatoms. The smallest absolute Gasteiger partial charge is 0.0417 e. The maximum absolute atomic E-state index is 6.08. The zero-order chi connectivity index (χ0) is 15.1. The van der Waals surface area contributed by atoms with Crippen molar-refractivity contribution in [1.29, 1.82) is 0 Å². The van der Waals surface area contributed by atoms with Gasteiger partial charge >= 0.3 is 0 Å². The minimum Gasteiger partial charge on any atom is -0.313 e. The third-order valence-corrected chi connectivity index (χ3v) is 6.01.